The molecule has 2 aromatic rings. The second-order valence-corrected chi connectivity index (χ2v) is 7.24. The van der Waals surface area contributed by atoms with Gasteiger partial charge in [-0.25, -0.2) is 13.1 Å². The summed E-state index contributed by atoms with van der Waals surface area (Å²) in [6.07, 6.45) is 0. The summed E-state index contributed by atoms with van der Waals surface area (Å²) in [7, 11) is -2.00. The zero-order valence-electron chi connectivity index (χ0n) is 14.2. The van der Waals surface area contributed by atoms with Crippen LogP contribution in [0, 0.1) is 6.92 Å². The van der Waals surface area contributed by atoms with Crippen molar-refractivity contribution in [3.8, 4) is 5.75 Å². The molecule has 2 aromatic carbocycles. The summed E-state index contributed by atoms with van der Waals surface area (Å²) < 4.78 is 38.3. The Kier molecular flexibility index (Phi) is 6.36. The van der Waals surface area contributed by atoms with Gasteiger partial charge in [-0.1, -0.05) is 30.3 Å². The third-order valence-electron chi connectivity index (χ3n) is 3.63. The van der Waals surface area contributed by atoms with Gasteiger partial charge in [0.2, 0.25) is 10.0 Å². The molecule has 0 amide bonds. The fraction of sp³-hybridized carbons (Fsp3) is 0.333. The normalized spacial score (nSPS) is 12.8. The largest absolute Gasteiger partial charge is 0.491 e. The quantitative estimate of drug-likeness (QED) is 0.744. The second kappa shape index (κ2) is 8.28. The molecule has 1 atom stereocenters. The van der Waals surface area contributed by atoms with Crippen LogP contribution in [-0.2, 0) is 14.8 Å². The average Bonchev–Trinajstić information content (AvgIpc) is 2.57. The van der Waals surface area contributed by atoms with Crippen LogP contribution in [0.15, 0.2) is 53.4 Å². The number of nitrogens with one attached hydrogen (secondary N) is 1. The summed E-state index contributed by atoms with van der Waals surface area (Å²) in [5.41, 5.74) is 1.68. The van der Waals surface area contributed by atoms with E-state index in [2.05, 4.69) is 4.72 Å². The summed E-state index contributed by atoms with van der Waals surface area (Å²) >= 11 is 0. The number of ether oxygens (including phenoxy) is 2. The second-order valence-electron chi connectivity index (χ2n) is 5.52. The van der Waals surface area contributed by atoms with Gasteiger partial charge in [0, 0.05) is 13.2 Å². The highest BCUT2D eigenvalue weighted by Gasteiger charge is 2.19. The van der Waals surface area contributed by atoms with Gasteiger partial charge in [0.1, 0.15) is 12.4 Å². The molecule has 0 heterocycles. The summed E-state index contributed by atoms with van der Waals surface area (Å²) in [4.78, 5) is 0.224. The molecule has 0 aliphatic carbocycles. The molecule has 5 nitrogen and oxygen atoms in total. The fourth-order valence-electron chi connectivity index (χ4n) is 2.30. The molecule has 0 radical (unpaired) electrons. The molecule has 0 fully saturated rings. The SMILES string of the molecule is COCCOc1ccc(S(=O)(=O)NC(C)c2ccccc2)cc1C. The van der Waals surface area contributed by atoms with Crippen LogP contribution in [0.2, 0.25) is 0 Å². The minimum atomic E-state index is -3.60. The maximum atomic E-state index is 12.6. The van der Waals surface area contributed by atoms with Crippen molar-refractivity contribution in [1.82, 2.24) is 4.72 Å². The zero-order valence-corrected chi connectivity index (χ0v) is 15.0. The summed E-state index contributed by atoms with van der Waals surface area (Å²) in [5, 5.41) is 0. The van der Waals surface area contributed by atoms with E-state index >= 15 is 0 Å². The van der Waals surface area contributed by atoms with Crippen molar-refractivity contribution in [3.63, 3.8) is 0 Å². The number of sulfonamides is 1. The highest BCUT2D eigenvalue weighted by atomic mass is 32.2. The topological polar surface area (TPSA) is 64.6 Å². The van der Waals surface area contributed by atoms with Gasteiger partial charge in [0.25, 0.3) is 0 Å². The number of benzene rings is 2. The van der Waals surface area contributed by atoms with E-state index < -0.39 is 10.0 Å². The van der Waals surface area contributed by atoms with Crippen LogP contribution in [0.3, 0.4) is 0 Å². The van der Waals surface area contributed by atoms with E-state index in [0.717, 1.165) is 11.1 Å². The lowest BCUT2D eigenvalue weighted by Crippen LogP contribution is -2.27. The first-order valence-electron chi connectivity index (χ1n) is 7.73. The van der Waals surface area contributed by atoms with E-state index in [4.69, 9.17) is 9.47 Å². The predicted octanol–water partition coefficient (Wildman–Crippen LogP) is 3.06. The van der Waals surface area contributed by atoms with Crippen molar-refractivity contribution < 1.29 is 17.9 Å². The lowest BCUT2D eigenvalue weighted by atomic mass is 10.1. The maximum absolute atomic E-state index is 12.6. The summed E-state index contributed by atoms with van der Waals surface area (Å²) in [6, 6.07) is 14.0. The molecule has 130 valence electrons. The fourth-order valence-corrected chi connectivity index (χ4v) is 3.61. The van der Waals surface area contributed by atoms with E-state index in [-0.39, 0.29) is 10.9 Å². The third kappa shape index (κ3) is 4.80. The van der Waals surface area contributed by atoms with Crippen LogP contribution in [0.25, 0.3) is 0 Å². The molecule has 0 spiro atoms. The van der Waals surface area contributed by atoms with Crippen molar-refractivity contribution in [3.05, 3.63) is 59.7 Å². The first-order valence-corrected chi connectivity index (χ1v) is 9.22. The molecular formula is C18H23NO4S. The van der Waals surface area contributed by atoms with Crippen molar-refractivity contribution in [1.29, 1.82) is 0 Å². The molecule has 24 heavy (non-hydrogen) atoms. The van der Waals surface area contributed by atoms with E-state index in [1.54, 1.807) is 25.3 Å². The van der Waals surface area contributed by atoms with Gasteiger partial charge in [0.05, 0.1) is 11.5 Å². The van der Waals surface area contributed by atoms with Crippen LogP contribution in [-0.4, -0.2) is 28.7 Å². The minimum absolute atomic E-state index is 0.224. The molecule has 6 heteroatoms. The lowest BCUT2D eigenvalue weighted by molar-refractivity contribution is 0.146. The molecule has 0 saturated heterocycles. The van der Waals surface area contributed by atoms with Gasteiger partial charge in [-0.05, 0) is 43.2 Å². The Morgan fingerprint density at radius 1 is 1.08 bits per heavy atom. The van der Waals surface area contributed by atoms with Gasteiger partial charge in [-0.15, -0.1) is 0 Å². The molecule has 1 unspecified atom stereocenters. The lowest BCUT2D eigenvalue weighted by Gasteiger charge is -2.16. The third-order valence-corrected chi connectivity index (χ3v) is 5.17. The van der Waals surface area contributed by atoms with Crippen LogP contribution in [0.4, 0.5) is 0 Å². The van der Waals surface area contributed by atoms with E-state index in [0.29, 0.717) is 19.0 Å². The molecule has 0 saturated carbocycles. The maximum Gasteiger partial charge on any atom is 0.241 e. The van der Waals surface area contributed by atoms with Crippen LogP contribution in [0.1, 0.15) is 24.1 Å². The predicted molar refractivity (Wildman–Crippen MR) is 93.7 cm³/mol. The summed E-state index contributed by atoms with van der Waals surface area (Å²) in [6.45, 7) is 4.55. The van der Waals surface area contributed by atoms with Crippen molar-refractivity contribution in [2.45, 2.75) is 24.8 Å². The highest BCUT2D eigenvalue weighted by molar-refractivity contribution is 7.89. The van der Waals surface area contributed by atoms with Gasteiger partial charge >= 0.3 is 0 Å². The molecule has 0 aromatic heterocycles. The van der Waals surface area contributed by atoms with Gasteiger partial charge < -0.3 is 9.47 Å². The summed E-state index contributed by atoms with van der Waals surface area (Å²) in [5.74, 6) is 0.655. The van der Waals surface area contributed by atoms with Crippen molar-refractivity contribution in [2.24, 2.45) is 0 Å². The molecule has 0 aliphatic heterocycles. The Labute approximate surface area is 143 Å². The number of hydrogen-bond acceptors (Lipinski definition) is 4. The number of hydrogen-bond donors (Lipinski definition) is 1. The smallest absolute Gasteiger partial charge is 0.241 e. The molecule has 1 N–H and O–H groups in total. The number of aryl methyl sites for hydroxylation is 1. The average molecular weight is 349 g/mol. The van der Waals surface area contributed by atoms with Crippen LogP contribution >= 0.6 is 0 Å². The van der Waals surface area contributed by atoms with E-state index in [1.807, 2.05) is 44.2 Å². The number of rotatable bonds is 8. The Morgan fingerprint density at radius 3 is 2.42 bits per heavy atom. The van der Waals surface area contributed by atoms with Crippen LogP contribution < -0.4 is 9.46 Å². The monoisotopic (exact) mass is 349 g/mol. The van der Waals surface area contributed by atoms with Crippen molar-refractivity contribution in [2.75, 3.05) is 20.3 Å². The molecule has 0 aliphatic rings. The highest BCUT2D eigenvalue weighted by Crippen LogP contribution is 2.23. The molecule has 0 bridgehead atoms. The van der Waals surface area contributed by atoms with Gasteiger partial charge in [-0.2, -0.15) is 0 Å². The van der Waals surface area contributed by atoms with Gasteiger partial charge in [-0.3, -0.25) is 0 Å². The standard InChI is InChI=1S/C18H23NO4S/c1-14-13-17(9-10-18(14)23-12-11-22-3)24(20,21)19-15(2)16-7-5-4-6-8-16/h4-10,13,15,19H,11-12H2,1-3H3. The molecule has 2 rings (SSSR count). The Hall–Kier alpha value is -1.89. The zero-order chi connectivity index (χ0) is 17.6. The van der Waals surface area contributed by atoms with Crippen LogP contribution in [0.5, 0.6) is 5.75 Å². The van der Waals surface area contributed by atoms with E-state index in [1.165, 1.54) is 0 Å². The first-order chi connectivity index (χ1) is 11.4. The van der Waals surface area contributed by atoms with E-state index in [9.17, 15) is 8.42 Å². The number of methoxy groups -OCH3 is 1. The van der Waals surface area contributed by atoms with Gasteiger partial charge in [0.15, 0.2) is 0 Å². The Bertz CT molecular complexity index is 760. The Morgan fingerprint density at radius 2 is 1.79 bits per heavy atom. The molecular weight excluding hydrogens is 326 g/mol. The first kappa shape index (κ1) is 18.4. The Balaban J connectivity index is 2.13. The minimum Gasteiger partial charge on any atom is -0.491 e. The van der Waals surface area contributed by atoms with Crippen molar-refractivity contribution >= 4 is 10.0 Å².